The Morgan fingerprint density at radius 3 is 2.64 bits per heavy atom. The third-order valence-corrected chi connectivity index (χ3v) is 3.44. The molecule has 0 saturated heterocycles. The zero-order valence-corrected chi connectivity index (χ0v) is 14.1. The smallest absolute Gasteiger partial charge is 0.338 e. The highest BCUT2D eigenvalue weighted by Crippen LogP contribution is 2.20. The third kappa shape index (κ3) is 4.17. The lowest BCUT2D eigenvalue weighted by molar-refractivity contribution is 0.0526. The first-order valence-corrected chi connectivity index (χ1v) is 7.96. The molecule has 126 valence electrons. The first-order valence-electron chi connectivity index (χ1n) is 7.96. The standard InChI is InChI=1S/C19H18N4O2/c1-3-25-19(24)14-6-8-16(9-7-14)22-17-11-13(2)21-18(23-17)15-5-4-10-20-12-15/h4-12H,3H2,1-2H3,(H,21,22,23). The van der Waals surface area contributed by atoms with Crippen molar-refractivity contribution in [3.63, 3.8) is 0 Å². The highest BCUT2D eigenvalue weighted by Gasteiger charge is 2.08. The number of aryl methyl sites for hydroxylation is 1. The molecule has 6 heteroatoms. The molecule has 0 aliphatic rings. The molecule has 1 N–H and O–H groups in total. The normalized spacial score (nSPS) is 10.3. The summed E-state index contributed by atoms with van der Waals surface area (Å²) in [4.78, 5) is 24.8. The Morgan fingerprint density at radius 2 is 1.96 bits per heavy atom. The molecule has 0 saturated carbocycles. The highest BCUT2D eigenvalue weighted by atomic mass is 16.5. The summed E-state index contributed by atoms with van der Waals surface area (Å²) in [6, 6.07) is 12.7. The van der Waals surface area contributed by atoms with Gasteiger partial charge in [-0.15, -0.1) is 0 Å². The van der Waals surface area contributed by atoms with E-state index in [4.69, 9.17) is 4.74 Å². The second-order valence-electron chi connectivity index (χ2n) is 5.38. The van der Waals surface area contributed by atoms with Crippen molar-refractivity contribution in [3.05, 3.63) is 66.1 Å². The van der Waals surface area contributed by atoms with Crippen LogP contribution in [0.2, 0.25) is 0 Å². The second-order valence-corrected chi connectivity index (χ2v) is 5.38. The SMILES string of the molecule is CCOC(=O)c1ccc(Nc2cc(C)nc(-c3cccnc3)n2)cc1. The molecular formula is C19H18N4O2. The number of anilines is 2. The maximum absolute atomic E-state index is 11.7. The Balaban J connectivity index is 1.81. The zero-order chi connectivity index (χ0) is 17.6. The van der Waals surface area contributed by atoms with Crippen LogP contribution in [0.1, 0.15) is 23.0 Å². The summed E-state index contributed by atoms with van der Waals surface area (Å²) in [7, 11) is 0. The quantitative estimate of drug-likeness (QED) is 0.716. The van der Waals surface area contributed by atoms with Gasteiger partial charge in [0.15, 0.2) is 5.82 Å². The van der Waals surface area contributed by atoms with Gasteiger partial charge in [0.1, 0.15) is 5.82 Å². The fourth-order valence-electron chi connectivity index (χ4n) is 2.31. The van der Waals surface area contributed by atoms with Crippen LogP contribution in [0.25, 0.3) is 11.4 Å². The van der Waals surface area contributed by atoms with E-state index in [1.807, 2.05) is 37.3 Å². The van der Waals surface area contributed by atoms with Crippen molar-refractivity contribution in [2.45, 2.75) is 13.8 Å². The lowest BCUT2D eigenvalue weighted by Crippen LogP contribution is -2.04. The minimum atomic E-state index is -0.328. The number of hydrogen-bond donors (Lipinski definition) is 1. The van der Waals surface area contributed by atoms with Crippen molar-refractivity contribution in [1.29, 1.82) is 0 Å². The van der Waals surface area contributed by atoms with Gasteiger partial charge >= 0.3 is 5.97 Å². The van der Waals surface area contributed by atoms with Crippen LogP contribution in [0.3, 0.4) is 0 Å². The molecule has 0 atom stereocenters. The number of esters is 1. The average Bonchev–Trinajstić information content (AvgIpc) is 2.63. The van der Waals surface area contributed by atoms with E-state index in [2.05, 4.69) is 20.3 Å². The largest absolute Gasteiger partial charge is 0.462 e. The Morgan fingerprint density at radius 1 is 1.16 bits per heavy atom. The number of pyridine rings is 1. The first-order chi connectivity index (χ1) is 12.2. The van der Waals surface area contributed by atoms with Crippen molar-refractivity contribution < 1.29 is 9.53 Å². The molecule has 3 aromatic rings. The minimum absolute atomic E-state index is 0.328. The third-order valence-electron chi connectivity index (χ3n) is 3.44. The topological polar surface area (TPSA) is 77.0 Å². The Kier molecular flexibility index (Phi) is 4.99. The van der Waals surface area contributed by atoms with Crippen LogP contribution in [0.15, 0.2) is 54.9 Å². The van der Waals surface area contributed by atoms with Crippen molar-refractivity contribution in [2.24, 2.45) is 0 Å². The van der Waals surface area contributed by atoms with Crippen LogP contribution in [0.5, 0.6) is 0 Å². The number of hydrogen-bond acceptors (Lipinski definition) is 6. The number of nitrogens with one attached hydrogen (secondary N) is 1. The lowest BCUT2D eigenvalue weighted by atomic mass is 10.2. The van der Waals surface area contributed by atoms with Gasteiger partial charge in [-0.2, -0.15) is 0 Å². The van der Waals surface area contributed by atoms with E-state index in [1.165, 1.54) is 0 Å². The molecule has 0 bridgehead atoms. The average molecular weight is 334 g/mol. The van der Waals surface area contributed by atoms with E-state index in [1.54, 1.807) is 31.5 Å². The van der Waals surface area contributed by atoms with Crippen molar-refractivity contribution in [1.82, 2.24) is 15.0 Å². The van der Waals surface area contributed by atoms with E-state index in [0.717, 1.165) is 16.9 Å². The molecule has 2 heterocycles. The van der Waals surface area contributed by atoms with Gasteiger partial charge in [0.25, 0.3) is 0 Å². The zero-order valence-electron chi connectivity index (χ0n) is 14.1. The summed E-state index contributed by atoms with van der Waals surface area (Å²) in [6.07, 6.45) is 3.44. The van der Waals surface area contributed by atoms with Gasteiger partial charge in [-0.25, -0.2) is 14.8 Å². The summed E-state index contributed by atoms with van der Waals surface area (Å²) in [5.41, 5.74) is 3.04. The molecule has 0 aliphatic carbocycles. The minimum Gasteiger partial charge on any atom is -0.462 e. The maximum Gasteiger partial charge on any atom is 0.338 e. The number of rotatable bonds is 5. The molecule has 0 fully saturated rings. The Hall–Kier alpha value is -3.28. The van der Waals surface area contributed by atoms with Crippen LogP contribution < -0.4 is 5.32 Å². The molecule has 25 heavy (non-hydrogen) atoms. The molecule has 1 aromatic carbocycles. The molecule has 0 spiro atoms. The summed E-state index contributed by atoms with van der Waals surface area (Å²) >= 11 is 0. The van der Waals surface area contributed by atoms with Gasteiger partial charge in [0.2, 0.25) is 0 Å². The highest BCUT2D eigenvalue weighted by molar-refractivity contribution is 5.89. The van der Waals surface area contributed by atoms with Crippen LogP contribution in [-0.4, -0.2) is 27.5 Å². The van der Waals surface area contributed by atoms with Crippen LogP contribution in [-0.2, 0) is 4.74 Å². The predicted molar refractivity (Wildman–Crippen MR) is 95.7 cm³/mol. The molecular weight excluding hydrogens is 316 g/mol. The molecule has 0 amide bonds. The van der Waals surface area contributed by atoms with E-state index in [0.29, 0.717) is 23.8 Å². The summed E-state index contributed by atoms with van der Waals surface area (Å²) in [5, 5.41) is 3.23. The van der Waals surface area contributed by atoms with Crippen molar-refractivity contribution in [2.75, 3.05) is 11.9 Å². The number of nitrogens with zero attached hydrogens (tertiary/aromatic N) is 3. The predicted octanol–water partition coefficient (Wildman–Crippen LogP) is 3.77. The number of benzene rings is 1. The van der Waals surface area contributed by atoms with Crippen LogP contribution in [0.4, 0.5) is 11.5 Å². The molecule has 6 nitrogen and oxygen atoms in total. The van der Waals surface area contributed by atoms with Gasteiger partial charge in [-0.3, -0.25) is 4.98 Å². The summed E-state index contributed by atoms with van der Waals surface area (Å²) in [5.74, 6) is 0.958. The van der Waals surface area contributed by atoms with Crippen LogP contribution >= 0.6 is 0 Å². The second kappa shape index (κ2) is 7.53. The monoisotopic (exact) mass is 334 g/mol. The van der Waals surface area contributed by atoms with Crippen molar-refractivity contribution >= 4 is 17.5 Å². The van der Waals surface area contributed by atoms with Gasteiger partial charge < -0.3 is 10.1 Å². The molecule has 0 aliphatic heterocycles. The number of carbonyl (C=O) groups excluding carboxylic acids is 1. The summed E-state index contributed by atoms with van der Waals surface area (Å²) < 4.78 is 4.98. The molecule has 2 aromatic heterocycles. The molecule has 3 rings (SSSR count). The van der Waals surface area contributed by atoms with Crippen molar-refractivity contribution in [3.8, 4) is 11.4 Å². The van der Waals surface area contributed by atoms with Gasteiger partial charge in [-0.05, 0) is 50.2 Å². The van der Waals surface area contributed by atoms with Gasteiger partial charge in [-0.1, -0.05) is 0 Å². The van der Waals surface area contributed by atoms with Gasteiger partial charge in [0, 0.05) is 35.4 Å². The summed E-state index contributed by atoms with van der Waals surface area (Å²) in [6.45, 7) is 4.05. The van der Waals surface area contributed by atoms with Gasteiger partial charge in [0.05, 0.1) is 12.2 Å². The Labute approximate surface area is 145 Å². The number of aromatic nitrogens is 3. The fraction of sp³-hybridized carbons (Fsp3) is 0.158. The van der Waals surface area contributed by atoms with E-state index < -0.39 is 0 Å². The van der Waals surface area contributed by atoms with Crippen LogP contribution in [0, 0.1) is 6.92 Å². The number of carbonyl (C=O) groups is 1. The molecule has 0 unspecified atom stereocenters. The first kappa shape index (κ1) is 16.6. The maximum atomic E-state index is 11.7. The van der Waals surface area contributed by atoms with E-state index in [9.17, 15) is 4.79 Å². The van der Waals surface area contributed by atoms with E-state index >= 15 is 0 Å². The lowest BCUT2D eigenvalue weighted by Gasteiger charge is -2.09. The Bertz CT molecular complexity index is 864. The number of ether oxygens (including phenoxy) is 1. The fourth-order valence-corrected chi connectivity index (χ4v) is 2.31. The molecule has 0 radical (unpaired) electrons. The van der Waals surface area contributed by atoms with E-state index in [-0.39, 0.29) is 5.97 Å².